The van der Waals surface area contributed by atoms with Gasteiger partial charge in [-0.05, 0) is 51.9 Å². The standard InChI is InChI=1S/C12H24N2O2/c1-2-4-12(11(15)16)5-9-14(10-6-12)8-3-7-13/h2-10,13H2,1H3,(H,15,16). The van der Waals surface area contributed by atoms with Crippen molar-refractivity contribution in [2.24, 2.45) is 11.1 Å². The van der Waals surface area contributed by atoms with E-state index in [1.807, 2.05) is 0 Å². The van der Waals surface area contributed by atoms with Crippen LogP contribution >= 0.6 is 0 Å². The number of nitrogens with zero attached hydrogens (tertiary/aromatic N) is 1. The number of carboxylic acid groups (broad SMARTS) is 1. The Morgan fingerprint density at radius 1 is 1.44 bits per heavy atom. The summed E-state index contributed by atoms with van der Waals surface area (Å²) in [4.78, 5) is 13.7. The van der Waals surface area contributed by atoms with E-state index >= 15 is 0 Å². The molecular weight excluding hydrogens is 204 g/mol. The zero-order chi connectivity index (χ0) is 12.0. The Bertz CT molecular complexity index is 223. The largest absolute Gasteiger partial charge is 0.481 e. The molecule has 0 bridgehead atoms. The molecule has 3 N–H and O–H groups in total. The van der Waals surface area contributed by atoms with Gasteiger partial charge in [0.2, 0.25) is 0 Å². The SMILES string of the molecule is CCCC1(C(=O)O)CCN(CCCN)CC1. The maximum Gasteiger partial charge on any atom is 0.309 e. The maximum atomic E-state index is 11.3. The Kier molecular flexibility index (Phi) is 5.22. The fourth-order valence-electron chi connectivity index (χ4n) is 2.57. The molecule has 4 heteroatoms. The minimum absolute atomic E-state index is 0.450. The van der Waals surface area contributed by atoms with Crippen molar-refractivity contribution in [1.82, 2.24) is 4.90 Å². The molecule has 0 aromatic carbocycles. The van der Waals surface area contributed by atoms with Crippen LogP contribution < -0.4 is 5.73 Å². The van der Waals surface area contributed by atoms with Crippen molar-refractivity contribution < 1.29 is 9.90 Å². The van der Waals surface area contributed by atoms with Crippen molar-refractivity contribution in [3.05, 3.63) is 0 Å². The molecule has 1 rings (SSSR count). The number of carboxylic acids is 1. The van der Waals surface area contributed by atoms with Gasteiger partial charge >= 0.3 is 5.97 Å². The van der Waals surface area contributed by atoms with Crippen molar-refractivity contribution >= 4 is 5.97 Å². The lowest BCUT2D eigenvalue weighted by Crippen LogP contribution is -2.44. The van der Waals surface area contributed by atoms with Gasteiger partial charge in [-0.1, -0.05) is 13.3 Å². The molecule has 0 aromatic heterocycles. The highest BCUT2D eigenvalue weighted by Crippen LogP contribution is 2.36. The van der Waals surface area contributed by atoms with E-state index in [0.29, 0.717) is 0 Å². The number of hydrogen-bond donors (Lipinski definition) is 2. The van der Waals surface area contributed by atoms with Crippen molar-refractivity contribution in [3.63, 3.8) is 0 Å². The molecule has 0 spiro atoms. The van der Waals surface area contributed by atoms with Crippen LogP contribution in [0.3, 0.4) is 0 Å². The summed E-state index contributed by atoms with van der Waals surface area (Å²) >= 11 is 0. The quantitative estimate of drug-likeness (QED) is 0.719. The number of carbonyl (C=O) groups is 1. The van der Waals surface area contributed by atoms with Crippen LogP contribution in [0.25, 0.3) is 0 Å². The second-order valence-electron chi connectivity index (χ2n) is 4.82. The van der Waals surface area contributed by atoms with Crippen LogP contribution in [0, 0.1) is 5.41 Å². The third kappa shape index (κ3) is 3.19. The summed E-state index contributed by atoms with van der Waals surface area (Å²) in [6.07, 6.45) is 4.36. The lowest BCUT2D eigenvalue weighted by molar-refractivity contribution is -0.152. The van der Waals surface area contributed by atoms with E-state index in [4.69, 9.17) is 5.73 Å². The summed E-state index contributed by atoms with van der Waals surface area (Å²) in [6.45, 7) is 5.61. The van der Waals surface area contributed by atoms with E-state index in [0.717, 1.165) is 58.3 Å². The number of piperidine rings is 1. The molecule has 0 unspecified atom stereocenters. The molecule has 1 fully saturated rings. The minimum atomic E-state index is -0.604. The van der Waals surface area contributed by atoms with Gasteiger partial charge in [0.25, 0.3) is 0 Å². The molecule has 94 valence electrons. The van der Waals surface area contributed by atoms with E-state index in [1.165, 1.54) is 0 Å². The molecule has 0 amide bonds. The highest BCUT2D eigenvalue weighted by molar-refractivity contribution is 5.74. The first-order valence-electron chi connectivity index (χ1n) is 6.30. The topological polar surface area (TPSA) is 66.6 Å². The molecule has 0 aliphatic carbocycles. The van der Waals surface area contributed by atoms with Crippen LogP contribution in [0.4, 0.5) is 0 Å². The van der Waals surface area contributed by atoms with Crippen LogP contribution in [0.1, 0.15) is 39.0 Å². The van der Waals surface area contributed by atoms with Gasteiger partial charge in [0.05, 0.1) is 5.41 Å². The van der Waals surface area contributed by atoms with E-state index in [1.54, 1.807) is 0 Å². The molecule has 0 saturated carbocycles. The Morgan fingerprint density at radius 2 is 2.06 bits per heavy atom. The van der Waals surface area contributed by atoms with Crippen LogP contribution in [0.2, 0.25) is 0 Å². The van der Waals surface area contributed by atoms with Crippen LogP contribution in [-0.4, -0.2) is 42.2 Å². The Labute approximate surface area is 97.8 Å². The van der Waals surface area contributed by atoms with E-state index in [-0.39, 0.29) is 0 Å². The molecule has 1 aliphatic rings. The molecule has 0 radical (unpaired) electrons. The lowest BCUT2D eigenvalue weighted by atomic mass is 9.75. The van der Waals surface area contributed by atoms with Gasteiger partial charge in [0.15, 0.2) is 0 Å². The molecule has 16 heavy (non-hydrogen) atoms. The summed E-state index contributed by atoms with van der Waals surface area (Å²) in [5, 5.41) is 9.34. The van der Waals surface area contributed by atoms with Crippen LogP contribution in [-0.2, 0) is 4.79 Å². The fourth-order valence-corrected chi connectivity index (χ4v) is 2.57. The van der Waals surface area contributed by atoms with E-state index in [2.05, 4.69) is 11.8 Å². The third-order valence-corrected chi connectivity index (χ3v) is 3.67. The van der Waals surface area contributed by atoms with Crippen molar-refractivity contribution in [3.8, 4) is 0 Å². The predicted molar refractivity (Wildman–Crippen MR) is 64.3 cm³/mol. The van der Waals surface area contributed by atoms with Crippen LogP contribution in [0.15, 0.2) is 0 Å². The fraction of sp³-hybridized carbons (Fsp3) is 0.917. The summed E-state index contributed by atoms with van der Waals surface area (Å²) in [7, 11) is 0. The summed E-state index contributed by atoms with van der Waals surface area (Å²) < 4.78 is 0. The average Bonchev–Trinajstić information content (AvgIpc) is 2.28. The number of aliphatic carboxylic acids is 1. The Hall–Kier alpha value is -0.610. The van der Waals surface area contributed by atoms with E-state index in [9.17, 15) is 9.90 Å². The van der Waals surface area contributed by atoms with Gasteiger partial charge in [0, 0.05) is 0 Å². The zero-order valence-electron chi connectivity index (χ0n) is 10.2. The molecule has 1 heterocycles. The summed E-state index contributed by atoms with van der Waals surface area (Å²) in [5.74, 6) is -0.604. The number of rotatable bonds is 6. The Balaban J connectivity index is 2.46. The van der Waals surface area contributed by atoms with Gasteiger partial charge in [-0.3, -0.25) is 4.79 Å². The van der Waals surface area contributed by atoms with Gasteiger partial charge in [-0.15, -0.1) is 0 Å². The number of hydrogen-bond acceptors (Lipinski definition) is 3. The van der Waals surface area contributed by atoms with Crippen LogP contribution in [0.5, 0.6) is 0 Å². The summed E-state index contributed by atoms with van der Waals surface area (Å²) in [6, 6.07) is 0. The smallest absolute Gasteiger partial charge is 0.309 e. The average molecular weight is 228 g/mol. The van der Waals surface area contributed by atoms with Crippen molar-refractivity contribution in [2.75, 3.05) is 26.2 Å². The summed E-state index contributed by atoms with van der Waals surface area (Å²) in [5.41, 5.74) is 5.02. The monoisotopic (exact) mass is 228 g/mol. The molecule has 0 atom stereocenters. The molecule has 0 aromatic rings. The van der Waals surface area contributed by atoms with Gasteiger partial charge < -0.3 is 15.7 Å². The lowest BCUT2D eigenvalue weighted by Gasteiger charge is -2.38. The highest BCUT2D eigenvalue weighted by Gasteiger charge is 2.40. The molecular formula is C12H24N2O2. The third-order valence-electron chi connectivity index (χ3n) is 3.67. The second-order valence-corrected chi connectivity index (χ2v) is 4.82. The normalized spacial score (nSPS) is 20.9. The van der Waals surface area contributed by atoms with E-state index < -0.39 is 11.4 Å². The first-order valence-corrected chi connectivity index (χ1v) is 6.30. The first kappa shape index (κ1) is 13.5. The predicted octanol–water partition coefficient (Wildman–Crippen LogP) is 1.30. The first-order chi connectivity index (χ1) is 7.64. The second kappa shape index (κ2) is 6.21. The number of nitrogens with two attached hydrogens (primary N) is 1. The molecule has 1 aliphatic heterocycles. The van der Waals surface area contributed by atoms with Crippen molar-refractivity contribution in [1.29, 1.82) is 0 Å². The zero-order valence-corrected chi connectivity index (χ0v) is 10.2. The minimum Gasteiger partial charge on any atom is -0.481 e. The van der Waals surface area contributed by atoms with Crippen molar-refractivity contribution in [2.45, 2.75) is 39.0 Å². The number of likely N-dealkylation sites (tertiary alicyclic amines) is 1. The Morgan fingerprint density at radius 3 is 2.50 bits per heavy atom. The molecule has 4 nitrogen and oxygen atoms in total. The van der Waals surface area contributed by atoms with Gasteiger partial charge in [-0.25, -0.2) is 0 Å². The highest BCUT2D eigenvalue weighted by atomic mass is 16.4. The maximum absolute atomic E-state index is 11.3. The van der Waals surface area contributed by atoms with Gasteiger partial charge in [0.1, 0.15) is 0 Å². The molecule has 1 saturated heterocycles. The van der Waals surface area contributed by atoms with Gasteiger partial charge in [-0.2, -0.15) is 0 Å².